The highest BCUT2D eigenvalue weighted by atomic mass is 35.5. The molecule has 2 N–H and O–H groups in total. The Labute approximate surface area is 170 Å². The molecule has 0 aliphatic heterocycles. The van der Waals surface area contributed by atoms with Gasteiger partial charge in [-0.3, -0.25) is 14.9 Å². The average Bonchev–Trinajstić information content (AvgIpc) is 3.13. The number of nitro groups is 1. The number of aryl methyl sites for hydroxylation is 1. The normalized spacial score (nSPS) is 10.8. The highest BCUT2D eigenvalue weighted by Crippen LogP contribution is 2.27. The zero-order chi connectivity index (χ0) is 20.5. The first kappa shape index (κ1) is 18.6. The molecule has 0 spiro atoms. The van der Waals surface area contributed by atoms with Crippen molar-refractivity contribution < 1.29 is 9.72 Å². The first-order valence-electron chi connectivity index (χ1n) is 8.73. The smallest absolute Gasteiger partial charge is 0.270 e. The number of para-hydroxylation sites is 2. The van der Waals surface area contributed by atoms with E-state index in [1.54, 1.807) is 0 Å². The minimum absolute atomic E-state index is 0.0165. The second-order valence-corrected chi connectivity index (χ2v) is 6.91. The minimum atomic E-state index is -0.561. The third-order valence-corrected chi connectivity index (χ3v) is 4.87. The van der Waals surface area contributed by atoms with E-state index >= 15 is 0 Å². The van der Waals surface area contributed by atoms with Gasteiger partial charge in [0.2, 0.25) is 0 Å². The lowest BCUT2D eigenvalue weighted by Gasteiger charge is -2.11. The van der Waals surface area contributed by atoms with Crippen LogP contribution in [0.25, 0.3) is 22.4 Å². The summed E-state index contributed by atoms with van der Waals surface area (Å²) in [5, 5.41) is 13.7. The van der Waals surface area contributed by atoms with Crippen LogP contribution < -0.4 is 5.32 Å². The number of carbonyl (C=O) groups excluding carboxylic acids is 1. The standard InChI is InChI=1S/C21H15ClN4O3/c1-12-6-7-13(20-23-17-4-2-3-5-18(17)24-20)10-19(12)25-21(27)15-9-8-14(26(28)29)11-16(15)22/h2-11H,1H3,(H,23,24)(H,25,27). The van der Waals surface area contributed by atoms with E-state index in [2.05, 4.69) is 15.3 Å². The number of hydrogen-bond acceptors (Lipinski definition) is 4. The predicted molar refractivity (Wildman–Crippen MR) is 112 cm³/mol. The number of H-pyrrole nitrogens is 1. The Morgan fingerprint density at radius 3 is 2.66 bits per heavy atom. The van der Waals surface area contributed by atoms with Gasteiger partial charge < -0.3 is 10.3 Å². The number of nitro benzene ring substituents is 1. The number of amides is 1. The Kier molecular flexibility index (Phi) is 4.74. The van der Waals surface area contributed by atoms with Crippen LogP contribution in [0, 0.1) is 17.0 Å². The molecule has 0 saturated heterocycles. The third kappa shape index (κ3) is 3.68. The lowest BCUT2D eigenvalue weighted by molar-refractivity contribution is -0.384. The van der Waals surface area contributed by atoms with E-state index in [1.807, 2.05) is 49.4 Å². The summed E-state index contributed by atoms with van der Waals surface area (Å²) in [6.45, 7) is 1.87. The van der Waals surface area contributed by atoms with Crippen LogP contribution in [0.2, 0.25) is 5.02 Å². The highest BCUT2D eigenvalue weighted by Gasteiger charge is 2.16. The number of halogens is 1. The Balaban J connectivity index is 1.64. The number of nitrogens with zero attached hydrogens (tertiary/aromatic N) is 2. The molecule has 0 radical (unpaired) electrons. The molecular formula is C21H15ClN4O3. The zero-order valence-corrected chi connectivity index (χ0v) is 16.0. The van der Waals surface area contributed by atoms with E-state index in [1.165, 1.54) is 12.1 Å². The van der Waals surface area contributed by atoms with Gasteiger partial charge in [-0.1, -0.05) is 35.9 Å². The molecule has 0 fully saturated rings. The number of carbonyl (C=O) groups is 1. The van der Waals surface area contributed by atoms with Crippen LogP contribution in [-0.4, -0.2) is 20.8 Å². The van der Waals surface area contributed by atoms with E-state index in [4.69, 9.17) is 11.6 Å². The fourth-order valence-corrected chi connectivity index (χ4v) is 3.25. The van der Waals surface area contributed by atoms with Gasteiger partial charge in [-0.2, -0.15) is 0 Å². The van der Waals surface area contributed by atoms with E-state index in [9.17, 15) is 14.9 Å². The van der Waals surface area contributed by atoms with E-state index in [0.717, 1.165) is 28.2 Å². The summed E-state index contributed by atoms with van der Waals surface area (Å²) in [5.74, 6) is 0.241. The average molecular weight is 407 g/mol. The number of hydrogen-bond donors (Lipinski definition) is 2. The number of aromatic nitrogens is 2. The first-order chi connectivity index (χ1) is 13.9. The molecule has 144 valence electrons. The van der Waals surface area contributed by atoms with E-state index in [-0.39, 0.29) is 16.3 Å². The summed E-state index contributed by atoms with van der Waals surface area (Å²) in [4.78, 5) is 30.8. The number of fused-ring (bicyclic) bond motifs is 1. The number of anilines is 1. The SMILES string of the molecule is Cc1ccc(-c2nc3ccccc3[nH]2)cc1NC(=O)c1ccc([N+](=O)[O-])cc1Cl. The molecule has 7 nitrogen and oxygen atoms in total. The topological polar surface area (TPSA) is 101 Å². The van der Waals surface area contributed by atoms with Crippen molar-refractivity contribution in [2.45, 2.75) is 6.92 Å². The van der Waals surface area contributed by atoms with Crippen LogP contribution in [0.1, 0.15) is 15.9 Å². The summed E-state index contributed by atoms with van der Waals surface area (Å²) in [6.07, 6.45) is 0. The van der Waals surface area contributed by atoms with Crippen molar-refractivity contribution >= 4 is 39.9 Å². The summed E-state index contributed by atoms with van der Waals surface area (Å²) in [7, 11) is 0. The van der Waals surface area contributed by atoms with Crippen LogP contribution in [0.5, 0.6) is 0 Å². The molecule has 0 saturated carbocycles. The van der Waals surface area contributed by atoms with Crippen LogP contribution >= 0.6 is 11.6 Å². The van der Waals surface area contributed by atoms with Crippen molar-refractivity contribution in [2.75, 3.05) is 5.32 Å². The van der Waals surface area contributed by atoms with Crippen molar-refractivity contribution in [3.05, 3.63) is 86.9 Å². The second-order valence-electron chi connectivity index (χ2n) is 6.51. The molecule has 29 heavy (non-hydrogen) atoms. The number of imidazole rings is 1. The molecule has 4 rings (SSSR count). The Hall–Kier alpha value is -3.71. The van der Waals surface area contributed by atoms with Gasteiger partial charge in [0.05, 0.1) is 26.5 Å². The molecule has 0 aliphatic rings. The number of aromatic amines is 1. The lowest BCUT2D eigenvalue weighted by atomic mass is 10.1. The van der Waals surface area contributed by atoms with Gasteiger partial charge in [-0.25, -0.2) is 4.98 Å². The van der Waals surface area contributed by atoms with E-state index < -0.39 is 10.8 Å². The highest BCUT2D eigenvalue weighted by molar-refractivity contribution is 6.34. The molecule has 1 aromatic heterocycles. The first-order valence-corrected chi connectivity index (χ1v) is 9.11. The van der Waals surface area contributed by atoms with Crippen LogP contribution in [0.4, 0.5) is 11.4 Å². The molecule has 0 aliphatic carbocycles. The minimum Gasteiger partial charge on any atom is -0.338 e. The van der Waals surface area contributed by atoms with Crippen molar-refractivity contribution in [1.82, 2.24) is 9.97 Å². The fourth-order valence-electron chi connectivity index (χ4n) is 2.98. The van der Waals surface area contributed by atoms with Crippen LogP contribution in [0.3, 0.4) is 0 Å². The number of rotatable bonds is 4. The van der Waals surface area contributed by atoms with Crippen molar-refractivity contribution in [3.8, 4) is 11.4 Å². The molecule has 0 unspecified atom stereocenters. The van der Waals surface area contributed by atoms with Gasteiger partial charge >= 0.3 is 0 Å². The summed E-state index contributed by atoms with van der Waals surface area (Å²) < 4.78 is 0. The van der Waals surface area contributed by atoms with Gasteiger partial charge in [0, 0.05) is 23.4 Å². The molecule has 0 bridgehead atoms. The second kappa shape index (κ2) is 7.37. The summed E-state index contributed by atoms with van der Waals surface area (Å²) >= 11 is 6.07. The molecule has 0 atom stereocenters. The lowest BCUT2D eigenvalue weighted by Crippen LogP contribution is -2.13. The Morgan fingerprint density at radius 2 is 1.93 bits per heavy atom. The zero-order valence-electron chi connectivity index (χ0n) is 15.3. The van der Waals surface area contributed by atoms with Crippen molar-refractivity contribution in [2.24, 2.45) is 0 Å². The van der Waals surface area contributed by atoms with Gasteiger partial charge in [0.25, 0.3) is 11.6 Å². The van der Waals surface area contributed by atoms with Crippen LogP contribution in [-0.2, 0) is 0 Å². The predicted octanol–water partition coefficient (Wildman–Crippen LogP) is 5.35. The van der Waals surface area contributed by atoms with Gasteiger partial charge in [-0.05, 0) is 36.8 Å². The summed E-state index contributed by atoms with van der Waals surface area (Å²) in [6, 6.07) is 17.1. The molecule has 1 amide bonds. The quantitative estimate of drug-likeness (QED) is 0.352. The number of benzene rings is 3. The number of non-ortho nitro benzene ring substituents is 1. The Bertz CT molecular complexity index is 1230. The molecule has 3 aromatic carbocycles. The van der Waals surface area contributed by atoms with Gasteiger partial charge in [0.1, 0.15) is 5.82 Å². The van der Waals surface area contributed by atoms with Crippen molar-refractivity contribution in [3.63, 3.8) is 0 Å². The molecule has 4 aromatic rings. The number of nitrogens with one attached hydrogen (secondary N) is 2. The third-order valence-electron chi connectivity index (χ3n) is 4.56. The molecule has 8 heteroatoms. The van der Waals surface area contributed by atoms with Gasteiger partial charge in [-0.15, -0.1) is 0 Å². The van der Waals surface area contributed by atoms with Crippen molar-refractivity contribution in [1.29, 1.82) is 0 Å². The Morgan fingerprint density at radius 1 is 1.14 bits per heavy atom. The van der Waals surface area contributed by atoms with E-state index in [0.29, 0.717) is 11.5 Å². The molecular weight excluding hydrogens is 392 g/mol. The molecule has 1 heterocycles. The summed E-state index contributed by atoms with van der Waals surface area (Å²) in [5.41, 5.74) is 4.04. The fraction of sp³-hybridized carbons (Fsp3) is 0.0476. The maximum absolute atomic E-state index is 12.7. The maximum Gasteiger partial charge on any atom is 0.270 e. The largest absolute Gasteiger partial charge is 0.338 e. The van der Waals surface area contributed by atoms with Gasteiger partial charge in [0.15, 0.2) is 0 Å². The maximum atomic E-state index is 12.7. The van der Waals surface area contributed by atoms with Crippen LogP contribution in [0.15, 0.2) is 60.7 Å². The monoisotopic (exact) mass is 406 g/mol.